The highest BCUT2D eigenvalue weighted by Gasteiger charge is 2.21. The third kappa shape index (κ3) is 7.26. The number of ether oxygens (including phenoxy) is 1. The maximum absolute atomic E-state index is 5.72. The number of piperidine rings is 1. The van der Waals surface area contributed by atoms with Gasteiger partial charge in [-0.1, -0.05) is 13.0 Å². The van der Waals surface area contributed by atoms with E-state index in [4.69, 9.17) is 4.74 Å². The molecule has 0 radical (unpaired) electrons. The number of nitrogens with one attached hydrogen (secondary N) is 2. The molecule has 0 amide bonds. The van der Waals surface area contributed by atoms with Crippen molar-refractivity contribution in [2.45, 2.75) is 58.7 Å². The van der Waals surface area contributed by atoms with Gasteiger partial charge in [0.2, 0.25) is 5.88 Å². The number of halogens is 1. The lowest BCUT2D eigenvalue weighted by atomic mass is 10.0. The number of pyridine rings is 1. The van der Waals surface area contributed by atoms with Crippen LogP contribution in [0.15, 0.2) is 23.3 Å². The Morgan fingerprint density at radius 2 is 2.12 bits per heavy atom. The van der Waals surface area contributed by atoms with Gasteiger partial charge in [-0.15, -0.1) is 24.0 Å². The lowest BCUT2D eigenvalue weighted by molar-refractivity contribution is 0.167. The van der Waals surface area contributed by atoms with Crippen molar-refractivity contribution in [2.24, 2.45) is 4.99 Å². The van der Waals surface area contributed by atoms with E-state index in [0.717, 1.165) is 43.9 Å². The molecule has 148 valence electrons. The summed E-state index contributed by atoms with van der Waals surface area (Å²) in [5, 5.41) is 6.94. The van der Waals surface area contributed by atoms with Crippen LogP contribution in [-0.2, 0) is 6.54 Å². The molecule has 2 rings (SSSR count). The molecule has 0 atom stereocenters. The zero-order chi connectivity index (χ0) is 18.1. The van der Waals surface area contributed by atoms with Gasteiger partial charge in [0.05, 0.1) is 6.61 Å². The van der Waals surface area contributed by atoms with Gasteiger partial charge in [-0.3, -0.25) is 4.99 Å². The molecule has 0 saturated carbocycles. The molecule has 1 fully saturated rings. The van der Waals surface area contributed by atoms with Crippen molar-refractivity contribution in [3.05, 3.63) is 23.9 Å². The van der Waals surface area contributed by atoms with Crippen molar-refractivity contribution in [1.29, 1.82) is 0 Å². The molecule has 2 N–H and O–H groups in total. The molecule has 7 heteroatoms. The highest BCUT2D eigenvalue weighted by atomic mass is 127. The highest BCUT2D eigenvalue weighted by Crippen LogP contribution is 2.15. The highest BCUT2D eigenvalue weighted by molar-refractivity contribution is 14.0. The van der Waals surface area contributed by atoms with Gasteiger partial charge in [-0.2, -0.15) is 0 Å². The predicted octanol–water partition coefficient (Wildman–Crippen LogP) is 3.03. The minimum atomic E-state index is 0. The van der Waals surface area contributed by atoms with E-state index in [2.05, 4.69) is 46.3 Å². The van der Waals surface area contributed by atoms with Crippen LogP contribution in [0.5, 0.6) is 5.88 Å². The number of nitrogens with zero attached hydrogens (tertiary/aromatic N) is 3. The van der Waals surface area contributed by atoms with Gasteiger partial charge in [0.15, 0.2) is 5.96 Å². The summed E-state index contributed by atoms with van der Waals surface area (Å²) in [6, 6.07) is 5.09. The van der Waals surface area contributed by atoms with Gasteiger partial charge in [-0.05, 0) is 39.2 Å². The Kier molecular flexibility index (Phi) is 10.9. The fourth-order valence-corrected chi connectivity index (χ4v) is 3.01. The molecular formula is C19H34IN5O. The van der Waals surface area contributed by atoms with Crippen molar-refractivity contribution in [2.75, 3.05) is 26.7 Å². The van der Waals surface area contributed by atoms with Crippen LogP contribution < -0.4 is 15.4 Å². The van der Waals surface area contributed by atoms with Crippen molar-refractivity contribution in [3.63, 3.8) is 0 Å². The Morgan fingerprint density at radius 3 is 2.73 bits per heavy atom. The quantitative estimate of drug-likeness (QED) is 0.361. The van der Waals surface area contributed by atoms with E-state index < -0.39 is 0 Å². The third-order valence-corrected chi connectivity index (χ3v) is 4.56. The van der Waals surface area contributed by atoms with Gasteiger partial charge in [-0.25, -0.2) is 4.98 Å². The second-order valence-electron chi connectivity index (χ2n) is 6.79. The zero-order valence-corrected chi connectivity index (χ0v) is 18.8. The SMILES string of the molecule is CCCOc1ncccc1CNC(=NC)NC1CCN(C(C)C)CC1.I. The van der Waals surface area contributed by atoms with E-state index in [9.17, 15) is 0 Å². The van der Waals surface area contributed by atoms with Crippen LogP contribution >= 0.6 is 24.0 Å². The Hall–Kier alpha value is -1.09. The molecule has 1 aromatic heterocycles. The van der Waals surface area contributed by atoms with Crippen LogP contribution in [0.2, 0.25) is 0 Å². The zero-order valence-electron chi connectivity index (χ0n) is 16.5. The average Bonchev–Trinajstić information content (AvgIpc) is 2.64. The van der Waals surface area contributed by atoms with E-state index in [1.54, 1.807) is 6.20 Å². The molecule has 0 unspecified atom stereocenters. The first-order valence-corrected chi connectivity index (χ1v) is 9.42. The Labute approximate surface area is 175 Å². The molecule has 0 spiro atoms. The molecule has 26 heavy (non-hydrogen) atoms. The first-order chi connectivity index (χ1) is 12.1. The number of rotatable bonds is 7. The third-order valence-electron chi connectivity index (χ3n) is 4.56. The lowest BCUT2D eigenvalue weighted by Gasteiger charge is -2.35. The van der Waals surface area contributed by atoms with Crippen LogP contribution in [0.4, 0.5) is 0 Å². The number of hydrogen-bond donors (Lipinski definition) is 2. The smallest absolute Gasteiger partial charge is 0.218 e. The molecule has 2 heterocycles. The Morgan fingerprint density at radius 1 is 1.38 bits per heavy atom. The number of guanidine groups is 1. The minimum absolute atomic E-state index is 0. The molecule has 0 aliphatic carbocycles. The second-order valence-corrected chi connectivity index (χ2v) is 6.79. The number of aromatic nitrogens is 1. The van der Waals surface area contributed by atoms with Crippen LogP contribution in [0, 0.1) is 0 Å². The van der Waals surface area contributed by atoms with E-state index in [1.807, 2.05) is 19.2 Å². The summed E-state index contributed by atoms with van der Waals surface area (Å²) in [5.41, 5.74) is 1.05. The summed E-state index contributed by atoms with van der Waals surface area (Å²) in [6.07, 6.45) is 5.04. The predicted molar refractivity (Wildman–Crippen MR) is 119 cm³/mol. The van der Waals surface area contributed by atoms with Gasteiger partial charge in [0.1, 0.15) is 0 Å². The van der Waals surface area contributed by atoms with Gasteiger partial charge in [0.25, 0.3) is 0 Å². The van der Waals surface area contributed by atoms with Crippen LogP contribution in [0.1, 0.15) is 45.6 Å². The molecule has 0 bridgehead atoms. The Bertz CT molecular complexity index is 544. The maximum atomic E-state index is 5.72. The Balaban J connectivity index is 0.00000338. The molecule has 1 aromatic rings. The number of hydrogen-bond acceptors (Lipinski definition) is 4. The van der Waals surface area contributed by atoms with Crippen molar-refractivity contribution in [1.82, 2.24) is 20.5 Å². The summed E-state index contributed by atoms with van der Waals surface area (Å²) in [5.74, 6) is 1.55. The topological polar surface area (TPSA) is 61.8 Å². The van der Waals surface area contributed by atoms with Crippen LogP contribution in [0.25, 0.3) is 0 Å². The first-order valence-electron chi connectivity index (χ1n) is 9.42. The summed E-state index contributed by atoms with van der Waals surface area (Å²) < 4.78 is 5.72. The van der Waals surface area contributed by atoms with Crippen LogP contribution in [-0.4, -0.2) is 54.7 Å². The monoisotopic (exact) mass is 475 g/mol. The largest absolute Gasteiger partial charge is 0.477 e. The van der Waals surface area contributed by atoms with E-state index in [0.29, 0.717) is 31.1 Å². The van der Waals surface area contributed by atoms with E-state index in [1.165, 1.54) is 0 Å². The summed E-state index contributed by atoms with van der Waals surface area (Å²) in [7, 11) is 1.82. The second kappa shape index (κ2) is 12.3. The molecule has 0 aromatic carbocycles. The van der Waals surface area contributed by atoms with Gasteiger partial charge < -0.3 is 20.3 Å². The molecule has 6 nitrogen and oxygen atoms in total. The van der Waals surface area contributed by atoms with Gasteiger partial charge in [0, 0.05) is 50.5 Å². The average molecular weight is 475 g/mol. The minimum Gasteiger partial charge on any atom is -0.477 e. The summed E-state index contributed by atoms with van der Waals surface area (Å²) in [6.45, 7) is 10.2. The maximum Gasteiger partial charge on any atom is 0.218 e. The molecular weight excluding hydrogens is 441 g/mol. The normalized spacial score (nSPS) is 16.3. The van der Waals surface area contributed by atoms with Crippen molar-refractivity contribution < 1.29 is 4.74 Å². The van der Waals surface area contributed by atoms with Gasteiger partial charge >= 0.3 is 0 Å². The first kappa shape index (κ1) is 23.0. The fraction of sp³-hybridized carbons (Fsp3) is 0.684. The van der Waals surface area contributed by atoms with E-state index >= 15 is 0 Å². The lowest BCUT2D eigenvalue weighted by Crippen LogP contribution is -2.49. The standard InChI is InChI=1S/C19H33N5O.HI/c1-5-13-25-18-16(7-6-10-21-18)14-22-19(20-4)23-17-8-11-24(12-9-17)15(2)3;/h6-7,10,15,17H,5,8-9,11-14H2,1-4H3,(H2,20,22,23);1H. The summed E-state index contributed by atoms with van der Waals surface area (Å²) in [4.78, 5) is 11.2. The van der Waals surface area contributed by atoms with Crippen molar-refractivity contribution in [3.8, 4) is 5.88 Å². The van der Waals surface area contributed by atoms with E-state index in [-0.39, 0.29) is 24.0 Å². The van der Waals surface area contributed by atoms with Crippen LogP contribution in [0.3, 0.4) is 0 Å². The molecule has 1 aliphatic heterocycles. The molecule has 1 saturated heterocycles. The molecule has 1 aliphatic rings. The summed E-state index contributed by atoms with van der Waals surface area (Å²) >= 11 is 0. The number of aliphatic imine (C=N–C) groups is 1. The number of likely N-dealkylation sites (tertiary alicyclic amines) is 1. The fourth-order valence-electron chi connectivity index (χ4n) is 3.01. The van der Waals surface area contributed by atoms with Crippen molar-refractivity contribution >= 4 is 29.9 Å².